The van der Waals surface area contributed by atoms with E-state index >= 15 is 0 Å². The van der Waals surface area contributed by atoms with Crippen LogP contribution in [0.4, 0.5) is 0 Å². The fourth-order valence-electron chi connectivity index (χ4n) is 2.18. The summed E-state index contributed by atoms with van der Waals surface area (Å²) >= 11 is 0. The van der Waals surface area contributed by atoms with Crippen molar-refractivity contribution in [1.29, 1.82) is 10.5 Å². The first-order chi connectivity index (χ1) is 11.1. The Morgan fingerprint density at radius 3 is 2.52 bits per heavy atom. The Kier molecular flexibility index (Phi) is 7.36. The number of carbonyl (C=O) groups is 1. The number of nitrogens with zero attached hydrogens (tertiary/aromatic N) is 3. The molecule has 120 valence electrons. The summed E-state index contributed by atoms with van der Waals surface area (Å²) in [7, 11) is 0. The van der Waals surface area contributed by atoms with Crippen LogP contribution < -0.4 is 0 Å². The lowest BCUT2D eigenvalue weighted by atomic mass is 10.1. The summed E-state index contributed by atoms with van der Waals surface area (Å²) in [5.74, 6) is -0.285. The van der Waals surface area contributed by atoms with Gasteiger partial charge in [0.05, 0.1) is 6.61 Å². The van der Waals surface area contributed by atoms with Crippen molar-refractivity contribution < 1.29 is 9.53 Å². The van der Waals surface area contributed by atoms with E-state index in [9.17, 15) is 4.79 Å². The van der Waals surface area contributed by atoms with Crippen molar-refractivity contribution >= 4 is 5.97 Å². The zero-order valence-electron chi connectivity index (χ0n) is 13.7. The molecule has 0 fully saturated rings. The van der Waals surface area contributed by atoms with E-state index in [0.717, 1.165) is 17.7 Å². The molecule has 0 aromatic rings. The molecule has 5 nitrogen and oxygen atoms in total. The smallest absolute Gasteiger partial charge is 0.329 e. The molecule has 0 spiro atoms. The number of ether oxygens (including phenoxy) is 1. The zero-order chi connectivity index (χ0) is 17.2. The zero-order valence-corrected chi connectivity index (χ0v) is 13.7. The van der Waals surface area contributed by atoms with Crippen LogP contribution in [0.2, 0.25) is 0 Å². The monoisotopic (exact) mass is 311 g/mol. The van der Waals surface area contributed by atoms with Crippen LogP contribution in [-0.4, -0.2) is 23.5 Å². The summed E-state index contributed by atoms with van der Waals surface area (Å²) in [5, 5.41) is 17.7. The first-order valence-electron chi connectivity index (χ1n) is 7.67. The number of hydrogen-bond acceptors (Lipinski definition) is 5. The van der Waals surface area contributed by atoms with Crippen molar-refractivity contribution in [3.05, 3.63) is 47.3 Å². The molecule has 0 saturated carbocycles. The summed E-state index contributed by atoms with van der Waals surface area (Å²) in [6.45, 7) is 6.07. The van der Waals surface area contributed by atoms with Gasteiger partial charge < -0.3 is 9.64 Å². The maximum Gasteiger partial charge on any atom is 0.329 e. The van der Waals surface area contributed by atoms with Crippen LogP contribution in [0, 0.1) is 22.7 Å². The first kappa shape index (κ1) is 18.3. The molecule has 1 aliphatic heterocycles. The fraction of sp³-hybridized carbons (Fsp3) is 0.389. The Morgan fingerprint density at radius 1 is 1.30 bits per heavy atom. The van der Waals surface area contributed by atoms with E-state index in [0.29, 0.717) is 13.0 Å². The molecule has 1 aliphatic rings. The fourth-order valence-corrected chi connectivity index (χ4v) is 2.18. The third kappa shape index (κ3) is 4.86. The molecule has 1 atom stereocenters. The molecule has 0 aromatic carbocycles. The van der Waals surface area contributed by atoms with Gasteiger partial charge in [-0.3, -0.25) is 0 Å². The van der Waals surface area contributed by atoms with Crippen molar-refractivity contribution in [1.82, 2.24) is 4.90 Å². The van der Waals surface area contributed by atoms with Crippen molar-refractivity contribution in [2.24, 2.45) is 0 Å². The van der Waals surface area contributed by atoms with Gasteiger partial charge in [0.1, 0.15) is 23.8 Å². The topological polar surface area (TPSA) is 77.1 Å². The largest absolute Gasteiger partial charge is 0.464 e. The molecule has 23 heavy (non-hydrogen) atoms. The Morgan fingerprint density at radius 2 is 2.00 bits per heavy atom. The summed E-state index contributed by atoms with van der Waals surface area (Å²) < 4.78 is 5.15. The van der Waals surface area contributed by atoms with Gasteiger partial charge in [-0.15, -0.1) is 0 Å². The predicted octanol–water partition coefficient (Wildman–Crippen LogP) is 3.35. The molecule has 0 radical (unpaired) electrons. The van der Waals surface area contributed by atoms with E-state index < -0.39 is 6.04 Å². The Bertz CT molecular complexity index is 626. The Hall–Kier alpha value is -2.79. The second-order valence-electron chi connectivity index (χ2n) is 4.87. The second-order valence-corrected chi connectivity index (χ2v) is 4.87. The Labute approximate surface area is 137 Å². The van der Waals surface area contributed by atoms with Gasteiger partial charge in [-0.25, -0.2) is 4.79 Å². The van der Waals surface area contributed by atoms with Crippen LogP contribution in [-0.2, 0) is 9.53 Å². The average Bonchev–Trinajstić information content (AvgIpc) is 2.57. The third-order valence-electron chi connectivity index (χ3n) is 3.42. The van der Waals surface area contributed by atoms with Gasteiger partial charge in [-0.2, -0.15) is 10.5 Å². The molecule has 1 unspecified atom stereocenters. The highest BCUT2D eigenvalue weighted by atomic mass is 16.5. The maximum atomic E-state index is 12.2. The van der Waals surface area contributed by atoms with Crippen LogP contribution in [0.3, 0.4) is 0 Å². The minimum absolute atomic E-state index is 0.0142. The van der Waals surface area contributed by atoms with Gasteiger partial charge >= 0.3 is 5.97 Å². The number of hydrogen-bond donors (Lipinski definition) is 0. The van der Waals surface area contributed by atoms with Crippen molar-refractivity contribution in [3.8, 4) is 12.1 Å². The molecule has 0 amide bonds. The standard InChI is InChI=1S/C18H21N3O2/c1-4-14-7-9-16(10-8-15(11-19)12-20)21(13-14)17(5-2)18(22)23-6-3/h7-10,13,17H,4-6H2,1-3H3/b16-10+. The van der Waals surface area contributed by atoms with Crippen LogP contribution in [0.1, 0.15) is 33.6 Å². The summed E-state index contributed by atoms with van der Waals surface area (Å²) in [5.41, 5.74) is 1.85. The molecular formula is C18H21N3O2. The lowest BCUT2D eigenvalue weighted by Gasteiger charge is -2.32. The van der Waals surface area contributed by atoms with Gasteiger partial charge in [-0.05, 0) is 43.6 Å². The van der Waals surface area contributed by atoms with E-state index in [2.05, 4.69) is 0 Å². The first-order valence-corrected chi connectivity index (χ1v) is 7.67. The molecule has 1 heterocycles. The van der Waals surface area contributed by atoms with Crippen molar-refractivity contribution in [2.45, 2.75) is 39.7 Å². The lowest BCUT2D eigenvalue weighted by molar-refractivity contribution is -0.148. The molecule has 5 heteroatoms. The van der Waals surface area contributed by atoms with E-state index in [-0.39, 0.29) is 11.5 Å². The third-order valence-corrected chi connectivity index (χ3v) is 3.42. The summed E-state index contributed by atoms with van der Waals surface area (Å²) in [6.07, 6.45) is 10.3. The highest BCUT2D eigenvalue weighted by Crippen LogP contribution is 2.24. The molecule has 0 N–H and O–H groups in total. The minimum Gasteiger partial charge on any atom is -0.464 e. The van der Waals surface area contributed by atoms with E-state index in [1.807, 2.05) is 49.2 Å². The Balaban J connectivity index is 3.21. The van der Waals surface area contributed by atoms with Gasteiger partial charge in [0, 0.05) is 11.9 Å². The van der Waals surface area contributed by atoms with Crippen LogP contribution in [0.15, 0.2) is 47.3 Å². The number of esters is 1. The molecule has 0 aliphatic carbocycles. The normalized spacial score (nSPS) is 16.1. The van der Waals surface area contributed by atoms with Crippen LogP contribution in [0.25, 0.3) is 0 Å². The molecule has 0 bridgehead atoms. The average molecular weight is 311 g/mol. The van der Waals surface area contributed by atoms with Crippen molar-refractivity contribution in [2.75, 3.05) is 6.61 Å². The van der Waals surface area contributed by atoms with E-state index in [1.165, 1.54) is 6.08 Å². The maximum absolute atomic E-state index is 12.2. The lowest BCUT2D eigenvalue weighted by Crippen LogP contribution is -2.38. The molecule has 1 rings (SSSR count). The van der Waals surface area contributed by atoms with E-state index in [1.54, 1.807) is 13.0 Å². The number of allylic oxidation sites excluding steroid dienone is 6. The van der Waals surface area contributed by atoms with Gasteiger partial charge in [-0.1, -0.05) is 19.9 Å². The number of nitriles is 2. The highest BCUT2D eigenvalue weighted by Gasteiger charge is 2.26. The summed E-state index contributed by atoms with van der Waals surface area (Å²) in [6, 6.07) is 3.20. The minimum atomic E-state index is -0.436. The van der Waals surface area contributed by atoms with Crippen molar-refractivity contribution in [3.63, 3.8) is 0 Å². The quantitative estimate of drug-likeness (QED) is 0.555. The van der Waals surface area contributed by atoms with Gasteiger partial charge in [0.25, 0.3) is 0 Å². The predicted molar refractivity (Wildman–Crippen MR) is 87.5 cm³/mol. The van der Waals surface area contributed by atoms with Gasteiger partial charge in [0.2, 0.25) is 0 Å². The SMILES string of the molecule is CCOC(=O)C(CC)N1C=C(CC)C=C/C1=C\C=C(C#N)C#N. The number of carbonyl (C=O) groups excluding carboxylic acids is 1. The van der Waals surface area contributed by atoms with E-state index in [4.69, 9.17) is 15.3 Å². The highest BCUT2D eigenvalue weighted by molar-refractivity contribution is 5.76. The number of rotatable bonds is 6. The molecule has 0 aromatic heterocycles. The second kappa shape index (κ2) is 9.27. The molecule has 0 saturated heterocycles. The van der Waals surface area contributed by atoms with Crippen LogP contribution in [0.5, 0.6) is 0 Å². The molecular weight excluding hydrogens is 290 g/mol. The van der Waals surface area contributed by atoms with Gasteiger partial charge in [0.15, 0.2) is 0 Å². The summed E-state index contributed by atoms with van der Waals surface area (Å²) in [4.78, 5) is 14.0. The van der Waals surface area contributed by atoms with Crippen LogP contribution >= 0.6 is 0 Å².